The molecule has 9 heteroatoms. The van der Waals surface area contributed by atoms with Crippen LogP contribution in [0, 0.1) is 3.57 Å². The number of rotatable bonds is 4. The van der Waals surface area contributed by atoms with Crippen molar-refractivity contribution in [2.24, 2.45) is 0 Å². The van der Waals surface area contributed by atoms with Gasteiger partial charge in [0.2, 0.25) is 5.91 Å². The first-order valence-corrected chi connectivity index (χ1v) is 11.3. The van der Waals surface area contributed by atoms with E-state index in [0.29, 0.717) is 18.7 Å². The minimum atomic E-state index is -0.789. The number of benzene rings is 1. The highest BCUT2D eigenvalue weighted by molar-refractivity contribution is 14.1. The Morgan fingerprint density at radius 3 is 2.69 bits per heavy atom. The van der Waals surface area contributed by atoms with E-state index in [9.17, 15) is 14.4 Å². The molecule has 2 aliphatic rings. The highest BCUT2D eigenvalue weighted by Gasteiger charge is 2.35. The van der Waals surface area contributed by atoms with Crippen LogP contribution < -0.4 is 10.6 Å². The third-order valence-electron chi connectivity index (χ3n) is 5.14. The van der Waals surface area contributed by atoms with Gasteiger partial charge in [-0.05, 0) is 72.6 Å². The molecule has 0 aromatic heterocycles. The average Bonchev–Trinajstić information content (AvgIpc) is 2.70. The van der Waals surface area contributed by atoms with E-state index >= 15 is 0 Å². The Kier molecular flexibility index (Phi) is 7.82. The van der Waals surface area contributed by atoms with Gasteiger partial charge in [-0.1, -0.05) is 18.6 Å². The van der Waals surface area contributed by atoms with E-state index in [1.54, 1.807) is 17.0 Å². The lowest BCUT2D eigenvalue weighted by Gasteiger charge is -2.36. The van der Waals surface area contributed by atoms with Gasteiger partial charge in [-0.25, -0.2) is 0 Å². The molecular formula is C20H24IN3O4S. The number of ether oxygens (including phenoxy) is 1. The predicted octanol–water partition coefficient (Wildman–Crippen LogP) is 2.37. The Bertz CT molecular complexity index is 798. The van der Waals surface area contributed by atoms with Gasteiger partial charge in [0.15, 0.2) is 5.11 Å². The van der Waals surface area contributed by atoms with Crippen molar-refractivity contribution in [1.82, 2.24) is 15.5 Å². The SMILES string of the molecule is O=C(CC1C(=O)NCCN1C(=S)NC(=O)c1ccccc1I)OC1CCCCC1. The number of carbonyl (C=O) groups is 3. The number of piperazine rings is 1. The maximum Gasteiger partial charge on any atom is 0.308 e. The van der Waals surface area contributed by atoms with E-state index in [1.165, 1.54) is 6.42 Å². The number of hydrogen-bond donors (Lipinski definition) is 2. The number of halogens is 1. The molecule has 3 rings (SSSR count). The number of carbonyl (C=O) groups excluding carboxylic acids is 3. The summed E-state index contributed by atoms with van der Waals surface area (Å²) in [6.45, 7) is 0.810. The lowest BCUT2D eigenvalue weighted by atomic mass is 9.98. The van der Waals surface area contributed by atoms with E-state index in [-0.39, 0.29) is 29.5 Å². The van der Waals surface area contributed by atoms with Crippen LogP contribution >= 0.6 is 34.8 Å². The molecule has 7 nitrogen and oxygen atoms in total. The van der Waals surface area contributed by atoms with Crippen molar-refractivity contribution in [3.8, 4) is 0 Å². The summed E-state index contributed by atoms with van der Waals surface area (Å²) in [6.07, 6.45) is 4.86. The van der Waals surface area contributed by atoms with Crippen LogP contribution in [0.25, 0.3) is 0 Å². The second kappa shape index (κ2) is 10.3. The van der Waals surface area contributed by atoms with Gasteiger partial charge in [0.05, 0.1) is 12.0 Å². The maximum atomic E-state index is 12.6. The minimum absolute atomic E-state index is 0.0665. The van der Waals surface area contributed by atoms with Crippen LogP contribution in [0.2, 0.25) is 0 Å². The molecule has 0 bridgehead atoms. The Morgan fingerprint density at radius 2 is 1.97 bits per heavy atom. The van der Waals surface area contributed by atoms with Crippen LogP contribution in [0.4, 0.5) is 0 Å². The molecule has 1 aromatic carbocycles. The van der Waals surface area contributed by atoms with E-state index in [4.69, 9.17) is 17.0 Å². The smallest absolute Gasteiger partial charge is 0.308 e. The summed E-state index contributed by atoms with van der Waals surface area (Å²) in [6, 6.07) is 6.37. The summed E-state index contributed by atoms with van der Waals surface area (Å²) in [5.74, 6) is -1.03. The summed E-state index contributed by atoms with van der Waals surface area (Å²) < 4.78 is 6.36. The number of thiocarbonyl (C=S) groups is 1. The number of nitrogens with one attached hydrogen (secondary N) is 2. The molecule has 1 unspecified atom stereocenters. The van der Waals surface area contributed by atoms with Crippen molar-refractivity contribution in [2.75, 3.05) is 13.1 Å². The van der Waals surface area contributed by atoms with E-state index < -0.39 is 12.0 Å². The topological polar surface area (TPSA) is 87.7 Å². The van der Waals surface area contributed by atoms with Gasteiger partial charge in [0.25, 0.3) is 5.91 Å². The monoisotopic (exact) mass is 529 g/mol. The van der Waals surface area contributed by atoms with Gasteiger partial charge >= 0.3 is 5.97 Å². The third kappa shape index (κ3) is 5.88. The zero-order chi connectivity index (χ0) is 20.8. The molecule has 2 amide bonds. The lowest BCUT2D eigenvalue weighted by molar-refractivity contribution is -0.153. The molecule has 1 saturated heterocycles. The fourth-order valence-electron chi connectivity index (χ4n) is 3.62. The first-order chi connectivity index (χ1) is 14.0. The summed E-state index contributed by atoms with van der Waals surface area (Å²) in [5, 5.41) is 5.59. The fourth-order valence-corrected chi connectivity index (χ4v) is 4.56. The quantitative estimate of drug-likeness (QED) is 0.354. The van der Waals surface area contributed by atoms with Gasteiger partial charge in [0.1, 0.15) is 12.1 Å². The Morgan fingerprint density at radius 1 is 1.24 bits per heavy atom. The summed E-state index contributed by atoms with van der Waals surface area (Å²) in [4.78, 5) is 39.0. The van der Waals surface area contributed by atoms with Gasteiger partial charge in [-0.2, -0.15) is 0 Å². The Labute approximate surface area is 189 Å². The predicted molar refractivity (Wildman–Crippen MR) is 120 cm³/mol. The van der Waals surface area contributed by atoms with Crippen LogP contribution in [-0.2, 0) is 14.3 Å². The Hall–Kier alpha value is -1.75. The van der Waals surface area contributed by atoms with Gasteiger partial charge < -0.3 is 15.0 Å². The van der Waals surface area contributed by atoms with Crippen LogP contribution in [0.5, 0.6) is 0 Å². The van der Waals surface area contributed by atoms with Crippen molar-refractivity contribution < 1.29 is 19.1 Å². The van der Waals surface area contributed by atoms with Crippen molar-refractivity contribution >= 4 is 57.7 Å². The molecule has 2 N–H and O–H groups in total. The number of hydrogen-bond acceptors (Lipinski definition) is 5. The van der Waals surface area contributed by atoms with Crippen LogP contribution in [0.3, 0.4) is 0 Å². The van der Waals surface area contributed by atoms with E-state index in [0.717, 1.165) is 29.3 Å². The number of esters is 1. The van der Waals surface area contributed by atoms with Gasteiger partial charge in [-0.3, -0.25) is 19.7 Å². The molecule has 156 valence electrons. The molecule has 1 aliphatic carbocycles. The molecule has 1 aliphatic heterocycles. The molecule has 1 heterocycles. The van der Waals surface area contributed by atoms with Crippen molar-refractivity contribution in [2.45, 2.75) is 50.7 Å². The standard InChI is InChI=1S/C20H24IN3O4S/c21-15-9-5-4-8-14(15)18(26)23-20(29)24-11-10-22-19(27)16(24)12-17(25)28-13-6-2-1-3-7-13/h4-5,8-9,13,16H,1-3,6-7,10-12H2,(H,22,27)(H,23,26,29). The first-order valence-electron chi connectivity index (χ1n) is 9.79. The van der Waals surface area contributed by atoms with Crippen LogP contribution in [0.1, 0.15) is 48.9 Å². The van der Waals surface area contributed by atoms with Crippen LogP contribution in [0.15, 0.2) is 24.3 Å². The van der Waals surface area contributed by atoms with E-state index in [2.05, 4.69) is 33.2 Å². The van der Waals surface area contributed by atoms with E-state index in [1.807, 2.05) is 12.1 Å². The zero-order valence-electron chi connectivity index (χ0n) is 16.0. The number of nitrogens with zero attached hydrogens (tertiary/aromatic N) is 1. The van der Waals surface area contributed by atoms with Crippen molar-refractivity contribution in [3.05, 3.63) is 33.4 Å². The molecule has 0 radical (unpaired) electrons. The summed E-state index contributed by atoms with van der Waals surface area (Å²) in [5.41, 5.74) is 0.505. The highest BCUT2D eigenvalue weighted by Crippen LogP contribution is 2.21. The molecule has 0 spiro atoms. The zero-order valence-corrected chi connectivity index (χ0v) is 19.0. The Balaban J connectivity index is 1.63. The largest absolute Gasteiger partial charge is 0.462 e. The second-order valence-electron chi connectivity index (χ2n) is 7.19. The maximum absolute atomic E-state index is 12.6. The highest BCUT2D eigenvalue weighted by atomic mass is 127. The number of amides is 2. The fraction of sp³-hybridized carbons (Fsp3) is 0.500. The van der Waals surface area contributed by atoms with Crippen molar-refractivity contribution in [1.29, 1.82) is 0 Å². The molecule has 29 heavy (non-hydrogen) atoms. The third-order valence-corrected chi connectivity index (χ3v) is 6.42. The van der Waals surface area contributed by atoms with Crippen molar-refractivity contribution in [3.63, 3.8) is 0 Å². The summed E-state index contributed by atoms with van der Waals surface area (Å²) in [7, 11) is 0. The molecule has 1 saturated carbocycles. The lowest BCUT2D eigenvalue weighted by Crippen LogP contribution is -2.60. The normalized spacial score (nSPS) is 20.0. The minimum Gasteiger partial charge on any atom is -0.462 e. The molecular weight excluding hydrogens is 505 g/mol. The molecule has 2 fully saturated rings. The van der Waals surface area contributed by atoms with Crippen LogP contribution in [-0.4, -0.2) is 53.0 Å². The summed E-state index contributed by atoms with van der Waals surface area (Å²) >= 11 is 7.48. The second-order valence-corrected chi connectivity index (χ2v) is 8.74. The van der Waals surface area contributed by atoms with Gasteiger partial charge in [-0.15, -0.1) is 0 Å². The molecule has 1 aromatic rings. The van der Waals surface area contributed by atoms with Gasteiger partial charge in [0, 0.05) is 16.7 Å². The first kappa shape index (κ1) is 21.9. The molecule has 1 atom stereocenters. The average molecular weight is 529 g/mol.